The van der Waals surface area contributed by atoms with Crippen molar-refractivity contribution in [3.8, 4) is 0 Å². The van der Waals surface area contributed by atoms with Gasteiger partial charge in [-0.15, -0.1) is 0 Å². The van der Waals surface area contributed by atoms with Crippen molar-refractivity contribution < 1.29 is 67.8 Å². The van der Waals surface area contributed by atoms with Crippen molar-refractivity contribution >= 4 is 35.6 Å². The Hall–Kier alpha value is -5.74. The van der Waals surface area contributed by atoms with E-state index in [1.165, 1.54) is 32.9 Å². The van der Waals surface area contributed by atoms with Gasteiger partial charge in [0.15, 0.2) is 23.6 Å². The number of carbonyl (C=O) groups is 6. The van der Waals surface area contributed by atoms with Crippen LogP contribution in [0.4, 0.5) is 0 Å². The van der Waals surface area contributed by atoms with Crippen molar-refractivity contribution in [1.82, 2.24) is 5.32 Å². The van der Waals surface area contributed by atoms with Gasteiger partial charge in [0.25, 0.3) is 5.91 Å². The molecule has 1 saturated heterocycles. The zero-order chi connectivity index (χ0) is 45.9. The largest absolute Gasteiger partial charge is 0.456 e. The number of aliphatic hydroxyl groups excluding tert-OH is 2. The maximum atomic E-state index is 15.7. The third-order valence-electron chi connectivity index (χ3n) is 14.4. The first-order valence-corrected chi connectivity index (χ1v) is 20.9. The maximum Gasteiger partial charge on any atom is 0.338 e. The Kier molecular flexibility index (Phi) is 11.8. The number of esters is 4. The Morgan fingerprint density at radius 1 is 0.810 bits per heavy atom. The Bertz CT molecular complexity index is 2330. The van der Waals surface area contributed by atoms with E-state index in [-0.39, 0.29) is 35.3 Å². The molecule has 3 aromatic rings. The standard InChI is InChI=1S/C48H53NO14/c1-26-32(61-42(57)37(53)36(29-17-11-8-12-18-29)49-40(55)30-19-13-9-14-20-30)24-47(58)43(62-41(56)31-21-15-10-16-22-31)46(7)45(6,33(52)23-34-48(46,25-59-34)63-28(3)51)39(54)38(60-27(2)50)35(26)44(47,4)5/h8-22,32-34,36-38,43,52-53,58H,23-25H2,1-7H3,(H,49,55)/t32-,33-,34+,36-,37+,38+,43-,45-,46-,47+,48-/m0/s1. The molecule has 3 aliphatic carbocycles. The van der Waals surface area contributed by atoms with E-state index in [0.717, 1.165) is 13.8 Å². The van der Waals surface area contributed by atoms with Crippen LogP contribution in [0, 0.1) is 16.2 Å². The van der Waals surface area contributed by atoms with Gasteiger partial charge in [0.1, 0.15) is 23.9 Å². The topological polar surface area (TPSA) is 221 Å². The Morgan fingerprint density at radius 3 is 1.92 bits per heavy atom. The molecule has 15 nitrogen and oxygen atoms in total. The summed E-state index contributed by atoms with van der Waals surface area (Å²) in [5.74, 6) is -5.32. The lowest BCUT2D eigenvalue weighted by molar-refractivity contribution is -0.380. The second-order valence-corrected chi connectivity index (χ2v) is 17.9. The summed E-state index contributed by atoms with van der Waals surface area (Å²) in [5.41, 5.74) is -9.31. The molecule has 7 rings (SSSR count). The number of amides is 1. The number of benzene rings is 3. The molecule has 11 atom stereocenters. The van der Waals surface area contributed by atoms with Gasteiger partial charge in [0, 0.05) is 37.7 Å². The van der Waals surface area contributed by atoms with Crippen molar-refractivity contribution in [3.05, 3.63) is 119 Å². The van der Waals surface area contributed by atoms with Crippen LogP contribution in [0.2, 0.25) is 0 Å². The van der Waals surface area contributed by atoms with Crippen LogP contribution < -0.4 is 5.32 Å². The summed E-state index contributed by atoms with van der Waals surface area (Å²) >= 11 is 0. The highest BCUT2D eigenvalue weighted by atomic mass is 16.6. The zero-order valence-electron chi connectivity index (χ0n) is 36.2. The number of hydrogen-bond donors (Lipinski definition) is 4. The number of Topliss-reactive ketones (excluding diaryl/α,β-unsaturated/α-hetero) is 1. The van der Waals surface area contributed by atoms with Crippen LogP contribution in [-0.4, -0.2) is 105 Å². The van der Waals surface area contributed by atoms with Crippen LogP contribution in [0.3, 0.4) is 0 Å². The van der Waals surface area contributed by atoms with Gasteiger partial charge in [-0.3, -0.25) is 19.2 Å². The summed E-state index contributed by atoms with van der Waals surface area (Å²) in [4.78, 5) is 84.1. The first-order valence-electron chi connectivity index (χ1n) is 20.9. The second-order valence-electron chi connectivity index (χ2n) is 17.9. The van der Waals surface area contributed by atoms with Gasteiger partial charge in [-0.25, -0.2) is 9.59 Å². The molecule has 0 aromatic heterocycles. The molecular weight excluding hydrogens is 815 g/mol. The molecule has 63 heavy (non-hydrogen) atoms. The highest BCUT2D eigenvalue weighted by Gasteiger charge is 2.84. The average Bonchev–Trinajstić information content (AvgIpc) is 3.25. The lowest BCUT2D eigenvalue weighted by atomic mass is 9.38. The van der Waals surface area contributed by atoms with Gasteiger partial charge in [0.2, 0.25) is 0 Å². The van der Waals surface area contributed by atoms with Gasteiger partial charge in [0.05, 0.1) is 35.1 Å². The van der Waals surface area contributed by atoms with E-state index in [2.05, 4.69) is 5.32 Å². The van der Waals surface area contributed by atoms with Crippen molar-refractivity contribution in [1.29, 1.82) is 0 Å². The van der Waals surface area contributed by atoms with E-state index in [4.69, 9.17) is 23.7 Å². The van der Waals surface area contributed by atoms with Gasteiger partial charge >= 0.3 is 23.9 Å². The number of fused-ring (bicyclic) bond motifs is 5. The van der Waals surface area contributed by atoms with E-state index in [0.29, 0.717) is 5.56 Å². The fraction of sp³-hybridized carbons (Fsp3) is 0.458. The molecule has 0 radical (unpaired) electrons. The quantitative estimate of drug-likeness (QED) is 0.128. The minimum absolute atomic E-state index is 0.00881. The van der Waals surface area contributed by atoms with Gasteiger partial charge in [-0.05, 0) is 54.8 Å². The maximum absolute atomic E-state index is 15.7. The van der Waals surface area contributed by atoms with Crippen LogP contribution in [0.25, 0.3) is 0 Å². The molecule has 4 aliphatic rings. The highest BCUT2D eigenvalue weighted by molar-refractivity contribution is 5.97. The molecule has 2 saturated carbocycles. The molecular formula is C48H53NO14. The number of rotatable bonds is 10. The number of hydrogen-bond acceptors (Lipinski definition) is 14. The summed E-state index contributed by atoms with van der Waals surface area (Å²) in [6.45, 7) is 9.46. The van der Waals surface area contributed by atoms with Crippen LogP contribution >= 0.6 is 0 Å². The third-order valence-corrected chi connectivity index (χ3v) is 14.4. The minimum Gasteiger partial charge on any atom is -0.456 e. The van der Waals surface area contributed by atoms with Crippen LogP contribution in [-0.2, 0) is 42.9 Å². The number of ketones is 1. The van der Waals surface area contributed by atoms with E-state index in [9.17, 15) is 39.3 Å². The second kappa shape index (κ2) is 16.4. The van der Waals surface area contributed by atoms with Crippen LogP contribution in [0.5, 0.6) is 0 Å². The molecule has 334 valence electrons. The van der Waals surface area contributed by atoms with Crippen molar-refractivity contribution in [2.75, 3.05) is 6.61 Å². The van der Waals surface area contributed by atoms with Crippen molar-refractivity contribution in [3.63, 3.8) is 0 Å². The molecule has 4 N–H and O–H groups in total. The molecule has 0 spiro atoms. The fourth-order valence-electron chi connectivity index (χ4n) is 10.7. The molecule has 1 amide bonds. The van der Waals surface area contributed by atoms with Crippen LogP contribution in [0.1, 0.15) is 93.6 Å². The first kappa shape index (κ1) is 45.3. The van der Waals surface area contributed by atoms with Crippen molar-refractivity contribution in [2.24, 2.45) is 16.2 Å². The summed E-state index contributed by atoms with van der Waals surface area (Å²) in [7, 11) is 0. The first-order chi connectivity index (χ1) is 29.7. The number of nitrogens with one attached hydrogen (secondary N) is 1. The van der Waals surface area contributed by atoms with Gasteiger partial charge in [-0.2, -0.15) is 0 Å². The molecule has 1 aliphatic heterocycles. The number of carbonyl (C=O) groups excluding carboxylic acids is 6. The molecule has 1 heterocycles. The molecule has 3 aromatic carbocycles. The lowest BCUT2D eigenvalue weighted by Crippen LogP contribution is -2.86. The minimum atomic E-state index is -2.43. The van der Waals surface area contributed by atoms with Gasteiger partial charge < -0.3 is 44.3 Å². The lowest BCUT2D eigenvalue weighted by Gasteiger charge is -2.72. The van der Waals surface area contributed by atoms with E-state index in [1.807, 2.05) is 0 Å². The summed E-state index contributed by atoms with van der Waals surface area (Å²) in [6, 6.07) is 22.9. The summed E-state index contributed by atoms with van der Waals surface area (Å²) in [5, 5.41) is 40.6. The molecule has 15 heteroatoms. The molecule has 2 bridgehead atoms. The third kappa shape index (κ3) is 7.05. The zero-order valence-corrected chi connectivity index (χ0v) is 36.2. The summed E-state index contributed by atoms with van der Waals surface area (Å²) < 4.78 is 30.6. The Balaban J connectivity index is 1.41. The fourth-order valence-corrected chi connectivity index (χ4v) is 10.7. The van der Waals surface area contributed by atoms with Crippen molar-refractivity contribution in [2.45, 2.75) is 115 Å². The smallest absolute Gasteiger partial charge is 0.338 e. The number of aliphatic hydroxyl groups is 3. The predicted octanol–water partition coefficient (Wildman–Crippen LogP) is 4.13. The molecule has 3 fully saturated rings. The van der Waals surface area contributed by atoms with Gasteiger partial charge in [-0.1, -0.05) is 87.5 Å². The predicted molar refractivity (Wildman–Crippen MR) is 222 cm³/mol. The van der Waals surface area contributed by atoms with Crippen LogP contribution in [0.15, 0.2) is 102 Å². The Labute approximate surface area is 364 Å². The average molecular weight is 868 g/mol. The van der Waals surface area contributed by atoms with E-state index >= 15 is 4.79 Å². The Morgan fingerprint density at radius 2 is 1.38 bits per heavy atom. The monoisotopic (exact) mass is 867 g/mol. The normalized spacial score (nSPS) is 32.7. The van der Waals surface area contributed by atoms with E-state index in [1.54, 1.807) is 92.7 Å². The highest BCUT2D eigenvalue weighted by Crippen LogP contribution is 2.70. The number of ether oxygens (including phenoxy) is 5. The molecule has 0 unspecified atom stereocenters. The summed E-state index contributed by atoms with van der Waals surface area (Å²) in [6.07, 6.45) is -10.7. The SMILES string of the molecule is CC(=O)O[C@H]1C(=O)[C@]2(C)[C@@H](O)C[C@H]3OC[C@@]3(OC(C)=O)[C@@]2(C)[C@H](OC(=O)c2ccccc2)[C@]2(O)C[C@H](OC(=O)[C@H](O)[C@@H](NC(=O)c3ccccc3)c3ccccc3)C(C)=C1C2(C)C. The van der Waals surface area contributed by atoms with E-state index < -0.39 is 112 Å².